The Balaban J connectivity index is 1.56. The Kier molecular flexibility index (Phi) is 6.13. The molecule has 0 unspecified atom stereocenters. The first kappa shape index (κ1) is 23.1. The number of aromatic nitrogens is 7. The number of rotatable bonds is 7. The van der Waals surface area contributed by atoms with Crippen molar-refractivity contribution in [2.45, 2.75) is 20.3 Å². The van der Waals surface area contributed by atoms with Crippen LogP contribution in [-0.4, -0.2) is 59.6 Å². The Morgan fingerprint density at radius 3 is 2.72 bits per heavy atom. The molecule has 4 N–H and O–H groups in total. The van der Waals surface area contributed by atoms with E-state index in [2.05, 4.69) is 36.0 Å². The van der Waals surface area contributed by atoms with Gasteiger partial charge in [-0.15, -0.1) is 5.10 Å². The van der Waals surface area contributed by atoms with Crippen LogP contribution in [0.15, 0.2) is 48.8 Å². The van der Waals surface area contributed by atoms with Crippen molar-refractivity contribution in [3.63, 3.8) is 0 Å². The predicted molar refractivity (Wildman–Crippen MR) is 135 cm³/mol. The average Bonchev–Trinajstić information content (AvgIpc) is 3.48. The molecule has 0 fully saturated rings. The van der Waals surface area contributed by atoms with Gasteiger partial charge in [-0.25, -0.2) is 9.97 Å². The molecule has 0 atom stereocenters. The Morgan fingerprint density at radius 1 is 1.11 bits per heavy atom. The first-order valence-corrected chi connectivity index (χ1v) is 11.4. The zero-order valence-corrected chi connectivity index (χ0v) is 20.1. The summed E-state index contributed by atoms with van der Waals surface area (Å²) in [5.74, 6) is 0.957. The molecule has 1 amide bonds. The number of hydrogen-bond acceptors (Lipinski definition) is 8. The lowest BCUT2D eigenvalue weighted by Crippen LogP contribution is -2.19. The number of aromatic amines is 1. The van der Waals surface area contributed by atoms with E-state index >= 15 is 0 Å². The van der Waals surface area contributed by atoms with Gasteiger partial charge < -0.3 is 15.7 Å². The van der Waals surface area contributed by atoms with Crippen molar-refractivity contribution >= 4 is 28.4 Å². The van der Waals surface area contributed by atoms with Crippen LogP contribution in [0.25, 0.3) is 28.1 Å². The third-order valence-electron chi connectivity index (χ3n) is 5.84. The first-order valence-electron chi connectivity index (χ1n) is 11.4. The van der Waals surface area contributed by atoms with E-state index in [0.717, 1.165) is 28.0 Å². The molecule has 0 spiro atoms. The summed E-state index contributed by atoms with van der Waals surface area (Å²) in [6, 6.07) is 13.4. The van der Waals surface area contributed by atoms with Crippen LogP contribution in [0.5, 0.6) is 0 Å². The van der Waals surface area contributed by atoms with Gasteiger partial charge in [-0.1, -0.05) is 6.07 Å². The normalized spacial score (nSPS) is 11.1. The van der Waals surface area contributed by atoms with Gasteiger partial charge in [0.15, 0.2) is 11.5 Å². The topological polar surface area (TPSA) is 147 Å². The largest absolute Gasteiger partial charge is 0.396 e. The molecule has 0 aliphatic rings. The standard InChI is InChI=1S/C25H25N9O2/c1-14-4-8-20(32-30-14)28-17-6-7-19-18(12-17)27-13-34(19)21-9-5-16(10-11-35)23(29-21)22-15(2)31-33-24(22)25(36)26-3/h4-9,12-13,35H,10-11H2,1-3H3,(H,26,36)(H,28,32)(H,31,33). The molecule has 36 heavy (non-hydrogen) atoms. The zero-order valence-electron chi connectivity index (χ0n) is 20.1. The number of carbonyl (C=O) groups excluding carboxylic acids is 1. The monoisotopic (exact) mass is 483 g/mol. The molecule has 1 aromatic carbocycles. The Bertz CT molecular complexity index is 1550. The lowest BCUT2D eigenvalue weighted by molar-refractivity contribution is 0.0958. The molecule has 4 heterocycles. The number of H-pyrrole nitrogens is 1. The zero-order chi connectivity index (χ0) is 25.2. The summed E-state index contributed by atoms with van der Waals surface area (Å²) < 4.78 is 1.88. The van der Waals surface area contributed by atoms with Crippen LogP contribution < -0.4 is 10.6 Å². The van der Waals surface area contributed by atoms with Crippen LogP contribution in [0, 0.1) is 13.8 Å². The van der Waals surface area contributed by atoms with Gasteiger partial charge in [0.05, 0.1) is 28.0 Å². The quantitative estimate of drug-likeness (QED) is 0.276. The highest BCUT2D eigenvalue weighted by atomic mass is 16.3. The van der Waals surface area contributed by atoms with Gasteiger partial charge in [0.1, 0.15) is 12.1 Å². The van der Waals surface area contributed by atoms with Crippen molar-refractivity contribution in [3.8, 4) is 17.1 Å². The van der Waals surface area contributed by atoms with Crippen molar-refractivity contribution < 1.29 is 9.90 Å². The molecule has 0 saturated heterocycles. The second-order valence-corrected chi connectivity index (χ2v) is 8.31. The Hall–Kier alpha value is -4.64. The SMILES string of the molecule is CNC(=O)c1n[nH]c(C)c1-c1nc(-n2cnc3cc(Nc4ccc(C)nn4)ccc32)ccc1CCO. The summed E-state index contributed by atoms with van der Waals surface area (Å²) in [6.45, 7) is 3.68. The smallest absolute Gasteiger partial charge is 0.272 e. The summed E-state index contributed by atoms with van der Waals surface area (Å²) in [6.07, 6.45) is 2.10. The predicted octanol–water partition coefficient (Wildman–Crippen LogP) is 2.86. The minimum absolute atomic E-state index is 0.0463. The van der Waals surface area contributed by atoms with E-state index in [1.54, 1.807) is 13.4 Å². The lowest BCUT2D eigenvalue weighted by atomic mass is 10.0. The Labute approximate surface area is 206 Å². The van der Waals surface area contributed by atoms with Crippen molar-refractivity contribution in [1.29, 1.82) is 0 Å². The number of aliphatic hydroxyl groups is 1. The van der Waals surface area contributed by atoms with Gasteiger partial charge >= 0.3 is 0 Å². The van der Waals surface area contributed by atoms with Crippen molar-refractivity contribution in [2.75, 3.05) is 19.0 Å². The number of fused-ring (bicyclic) bond motifs is 1. The van der Waals surface area contributed by atoms with Crippen LogP contribution in [0.2, 0.25) is 0 Å². The second-order valence-electron chi connectivity index (χ2n) is 8.31. The molecule has 0 aliphatic heterocycles. The molecule has 0 bridgehead atoms. The molecule has 11 nitrogen and oxygen atoms in total. The number of carbonyl (C=O) groups is 1. The third-order valence-corrected chi connectivity index (χ3v) is 5.84. The fourth-order valence-corrected chi connectivity index (χ4v) is 4.04. The number of pyridine rings is 1. The molecule has 182 valence electrons. The van der Waals surface area contributed by atoms with E-state index in [9.17, 15) is 9.90 Å². The van der Waals surface area contributed by atoms with Crippen LogP contribution >= 0.6 is 0 Å². The lowest BCUT2D eigenvalue weighted by Gasteiger charge is -2.12. The minimum atomic E-state index is -0.317. The van der Waals surface area contributed by atoms with Gasteiger partial charge in [-0.2, -0.15) is 10.2 Å². The highest BCUT2D eigenvalue weighted by Gasteiger charge is 2.22. The molecule has 5 rings (SSSR count). The first-order chi connectivity index (χ1) is 17.5. The highest BCUT2D eigenvalue weighted by molar-refractivity contribution is 5.99. The van der Waals surface area contributed by atoms with E-state index in [4.69, 9.17) is 4.98 Å². The van der Waals surface area contributed by atoms with Gasteiger partial charge in [-0.05, 0) is 62.2 Å². The minimum Gasteiger partial charge on any atom is -0.396 e. The number of amides is 1. The van der Waals surface area contributed by atoms with Gasteiger partial charge in [0.25, 0.3) is 5.91 Å². The van der Waals surface area contributed by atoms with Crippen molar-refractivity contribution in [1.82, 2.24) is 40.2 Å². The van der Waals surface area contributed by atoms with Gasteiger partial charge in [-0.3, -0.25) is 14.5 Å². The summed E-state index contributed by atoms with van der Waals surface area (Å²) in [7, 11) is 1.56. The molecule has 0 radical (unpaired) electrons. The van der Waals surface area contributed by atoms with E-state index < -0.39 is 0 Å². The maximum atomic E-state index is 12.5. The number of imidazole rings is 1. The van der Waals surface area contributed by atoms with Gasteiger partial charge in [0, 0.05) is 25.0 Å². The van der Waals surface area contributed by atoms with E-state index in [-0.39, 0.29) is 18.2 Å². The van der Waals surface area contributed by atoms with Crippen molar-refractivity contribution in [2.24, 2.45) is 0 Å². The molecule has 0 aliphatic carbocycles. The maximum Gasteiger partial charge on any atom is 0.272 e. The third kappa shape index (κ3) is 4.27. The van der Waals surface area contributed by atoms with Gasteiger partial charge in [0.2, 0.25) is 0 Å². The van der Waals surface area contributed by atoms with Crippen LogP contribution in [0.3, 0.4) is 0 Å². The Morgan fingerprint density at radius 2 is 1.97 bits per heavy atom. The molecular formula is C25H25N9O2. The van der Waals surface area contributed by atoms with E-state index in [0.29, 0.717) is 35.0 Å². The summed E-state index contributed by atoms with van der Waals surface area (Å²) >= 11 is 0. The fourth-order valence-electron chi connectivity index (χ4n) is 4.04. The van der Waals surface area contributed by atoms with Crippen LogP contribution in [-0.2, 0) is 6.42 Å². The number of aryl methyl sites for hydroxylation is 2. The van der Waals surface area contributed by atoms with E-state index in [1.165, 1.54) is 0 Å². The fraction of sp³-hybridized carbons (Fsp3) is 0.200. The van der Waals surface area contributed by atoms with E-state index in [1.807, 2.05) is 60.9 Å². The molecule has 11 heteroatoms. The van der Waals surface area contributed by atoms with Crippen LogP contribution in [0.4, 0.5) is 11.5 Å². The van der Waals surface area contributed by atoms with Crippen molar-refractivity contribution in [3.05, 3.63) is 71.4 Å². The molecular weight excluding hydrogens is 458 g/mol. The summed E-state index contributed by atoms with van der Waals surface area (Å²) in [5, 5.41) is 30.8. The summed E-state index contributed by atoms with van der Waals surface area (Å²) in [4.78, 5) is 21.9. The average molecular weight is 484 g/mol. The molecule has 5 aromatic rings. The number of benzene rings is 1. The second kappa shape index (κ2) is 9.55. The number of nitrogens with one attached hydrogen (secondary N) is 3. The van der Waals surface area contributed by atoms with Crippen LogP contribution in [0.1, 0.15) is 27.4 Å². The highest BCUT2D eigenvalue weighted by Crippen LogP contribution is 2.30. The maximum absolute atomic E-state index is 12.5. The number of nitrogens with zero attached hydrogens (tertiary/aromatic N) is 6. The number of aliphatic hydroxyl groups excluding tert-OH is 1. The molecule has 4 aromatic heterocycles. The number of hydrogen-bond donors (Lipinski definition) is 4. The summed E-state index contributed by atoms with van der Waals surface area (Å²) in [5.41, 5.74) is 6.28. The molecule has 0 saturated carbocycles. The number of anilines is 2.